The number of carbonyl (C=O) groups excluding carboxylic acids is 2. The minimum atomic E-state index is -3.79. The zero-order valence-electron chi connectivity index (χ0n) is 14.8. The van der Waals surface area contributed by atoms with Crippen molar-refractivity contribution in [3.05, 3.63) is 90.3 Å². The topological polar surface area (TPSA) is 110 Å². The molecule has 0 unspecified atom stereocenters. The van der Waals surface area contributed by atoms with Gasteiger partial charge >= 0.3 is 0 Å². The van der Waals surface area contributed by atoms with Gasteiger partial charge in [-0.2, -0.15) is 4.57 Å². The number of primary sulfonamides is 1. The molecular formula is C20H18N3O4S+. The van der Waals surface area contributed by atoms with Crippen molar-refractivity contribution in [2.75, 3.05) is 5.32 Å². The summed E-state index contributed by atoms with van der Waals surface area (Å²) in [5, 5.41) is 7.73. The molecule has 3 rings (SSSR count). The normalized spacial score (nSPS) is 11.0. The summed E-state index contributed by atoms with van der Waals surface area (Å²) in [6.07, 6.45) is 3.29. The lowest BCUT2D eigenvalue weighted by molar-refractivity contribution is -0.683. The molecule has 0 saturated heterocycles. The highest BCUT2D eigenvalue weighted by Gasteiger charge is 2.15. The third-order valence-electron chi connectivity index (χ3n) is 3.98. The Labute approximate surface area is 162 Å². The molecule has 28 heavy (non-hydrogen) atoms. The number of amides is 1. The van der Waals surface area contributed by atoms with Crippen LogP contribution in [0.3, 0.4) is 0 Å². The van der Waals surface area contributed by atoms with E-state index in [-0.39, 0.29) is 23.1 Å². The third-order valence-corrected chi connectivity index (χ3v) is 4.91. The van der Waals surface area contributed by atoms with Gasteiger partial charge in [0.15, 0.2) is 12.4 Å². The van der Waals surface area contributed by atoms with Crippen molar-refractivity contribution >= 4 is 27.4 Å². The van der Waals surface area contributed by atoms with Crippen LogP contribution in [0.2, 0.25) is 0 Å². The molecule has 0 aliphatic carbocycles. The van der Waals surface area contributed by atoms with Crippen LogP contribution in [0, 0.1) is 0 Å². The molecule has 1 amide bonds. The monoisotopic (exact) mass is 396 g/mol. The first kappa shape index (κ1) is 19.4. The SMILES string of the molecule is NS(=O)(=O)c1ccc(NC(=O)c2ccc[n+](CC(=O)c3ccccc3)c2)cc1. The number of aromatic nitrogens is 1. The molecule has 3 N–H and O–H groups in total. The molecule has 1 heterocycles. The van der Waals surface area contributed by atoms with Crippen molar-refractivity contribution in [1.29, 1.82) is 0 Å². The lowest BCUT2D eigenvalue weighted by Crippen LogP contribution is -2.38. The molecule has 0 aliphatic heterocycles. The van der Waals surface area contributed by atoms with E-state index in [0.717, 1.165) is 0 Å². The maximum Gasteiger partial charge on any atom is 0.261 e. The number of hydrogen-bond donors (Lipinski definition) is 2. The number of hydrogen-bond acceptors (Lipinski definition) is 4. The third kappa shape index (κ3) is 4.87. The number of sulfonamides is 1. The number of rotatable bonds is 6. The minimum absolute atomic E-state index is 0.0394. The van der Waals surface area contributed by atoms with E-state index in [1.807, 2.05) is 6.07 Å². The minimum Gasteiger partial charge on any atom is -0.322 e. The van der Waals surface area contributed by atoms with Gasteiger partial charge in [-0.05, 0) is 30.3 Å². The molecule has 0 saturated carbocycles. The molecule has 0 radical (unpaired) electrons. The first-order chi connectivity index (χ1) is 13.3. The molecule has 0 atom stereocenters. The number of anilines is 1. The average Bonchev–Trinajstić information content (AvgIpc) is 2.68. The highest BCUT2D eigenvalue weighted by molar-refractivity contribution is 7.89. The standard InChI is InChI=1S/C20H17N3O4S/c21-28(26,27)18-10-8-17(9-11-18)22-20(25)16-7-4-12-23(13-16)14-19(24)15-5-2-1-3-6-15/h1-13H,14H2,(H2-,21,22,25,26,27)/p+1. The fraction of sp³-hybridized carbons (Fsp3) is 0.0500. The van der Waals surface area contributed by atoms with E-state index in [1.165, 1.54) is 24.3 Å². The van der Waals surface area contributed by atoms with Crippen LogP contribution in [-0.2, 0) is 16.6 Å². The maximum atomic E-state index is 12.5. The predicted octanol–water partition coefficient (Wildman–Crippen LogP) is 1.76. The van der Waals surface area contributed by atoms with Crippen LogP contribution in [0.1, 0.15) is 20.7 Å². The van der Waals surface area contributed by atoms with Crippen LogP contribution < -0.4 is 15.0 Å². The van der Waals surface area contributed by atoms with Gasteiger partial charge in [-0.15, -0.1) is 0 Å². The summed E-state index contributed by atoms with van der Waals surface area (Å²) in [6.45, 7) is 0.105. The van der Waals surface area contributed by atoms with Gasteiger partial charge in [-0.1, -0.05) is 30.3 Å². The van der Waals surface area contributed by atoms with E-state index in [0.29, 0.717) is 16.8 Å². The van der Waals surface area contributed by atoms with Crippen molar-refractivity contribution in [3.8, 4) is 0 Å². The van der Waals surface area contributed by atoms with Gasteiger partial charge in [0.1, 0.15) is 5.56 Å². The summed E-state index contributed by atoms with van der Waals surface area (Å²) in [4.78, 5) is 24.7. The molecule has 2 aromatic carbocycles. The molecule has 3 aromatic rings. The van der Waals surface area contributed by atoms with Crippen LogP contribution >= 0.6 is 0 Å². The van der Waals surface area contributed by atoms with Gasteiger partial charge in [-0.3, -0.25) is 9.59 Å². The number of pyridine rings is 1. The zero-order chi connectivity index (χ0) is 20.1. The van der Waals surface area contributed by atoms with Crippen molar-refractivity contribution in [1.82, 2.24) is 0 Å². The molecule has 0 spiro atoms. The Hall–Kier alpha value is -3.36. The van der Waals surface area contributed by atoms with E-state index in [4.69, 9.17) is 5.14 Å². The molecule has 0 fully saturated rings. The summed E-state index contributed by atoms with van der Waals surface area (Å²) >= 11 is 0. The van der Waals surface area contributed by atoms with E-state index < -0.39 is 10.0 Å². The molecule has 142 valence electrons. The second-order valence-corrected chi connectivity index (χ2v) is 7.64. The van der Waals surface area contributed by atoms with Gasteiger partial charge in [0.2, 0.25) is 22.4 Å². The average molecular weight is 396 g/mol. The number of benzene rings is 2. The van der Waals surface area contributed by atoms with Gasteiger partial charge < -0.3 is 5.32 Å². The quantitative estimate of drug-likeness (QED) is 0.488. The zero-order valence-corrected chi connectivity index (χ0v) is 15.6. The van der Waals surface area contributed by atoms with Crippen LogP contribution in [0.4, 0.5) is 5.69 Å². The first-order valence-corrected chi connectivity index (χ1v) is 9.89. The van der Waals surface area contributed by atoms with Crippen LogP contribution in [0.15, 0.2) is 84.0 Å². The largest absolute Gasteiger partial charge is 0.322 e. The Morgan fingerprint density at radius 3 is 2.18 bits per heavy atom. The number of Topliss-reactive ketones (excluding diaryl/α,β-unsaturated/α-hetero) is 1. The fourth-order valence-corrected chi connectivity index (χ4v) is 3.08. The predicted molar refractivity (Wildman–Crippen MR) is 103 cm³/mol. The van der Waals surface area contributed by atoms with Crippen molar-refractivity contribution in [2.45, 2.75) is 11.4 Å². The van der Waals surface area contributed by atoms with Crippen molar-refractivity contribution in [2.24, 2.45) is 5.14 Å². The Morgan fingerprint density at radius 2 is 1.54 bits per heavy atom. The highest BCUT2D eigenvalue weighted by atomic mass is 32.2. The summed E-state index contributed by atoms with van der Waals surface area (Å²) < 4.78 is 24.2. The van der Waals surface area contributed by atoms with Crippen LogP contribution in [0.25, 0.3) is 0 Å². The molecule has 7 nitrogen and oxygen atoms in total. The van der Waals surface area contributed by atoms with Crippen molar-refractivity contribution < 1.29 is 22.6 Å². The second-order valence-electron chi connectivity index (χ2n) is 6.08. The highest BCUT2D eigenvalue weighted by Crippen LogP contribution is 2.13. The Morgan fingerprint density at radius 1 is 0.893 bits per heavy atom. The van der Waals surface area contributed by atoms with Crippen LogP contribution in [0.5, 0.6) is 0 Å². The number of nitrogens with zero attached hydrogens (tertiary/aromatic N) is 1. The second kappa shape index (κ2) is 8.12. The Balaban J connectivity index is 1.71. The summed E-state index contributed by atoms with van der Waals surface area (Å²) in [5.74, 6) is -0.452. The molecule has 0 bridgehead atoms. The molecule has 1 aromatic heterocycles. The fourth-order valence-electron chi connectivity index (χ4n) is 2.57. The van der Waals surface area contributed by atoms with E-state index in [2.05, 4.69) is 5.32 Å². The Kier molecular flexibility index (Phi) is 5.62. The number of nitrogens with two attached hydrogens (primary N) is 1. The van der Waals surface area contributed by atoms with Gasteiger partial charge in [0.05, 0.1) is 4.90 Å². The number of nitrogens with one attached hydrogen (secondary N) is 1. The summed E-state index contributed by atoms with van der Waals surface area (Å²) in [5.41, 5.74) is 1.38. The maximum absolute atomic E-state index is 12.5. The summed E-state index contributed by atoms with van der Waals surface area (Å²) in [6, 6.07) is 17.7. The van der Waals surface area contributed by atoms with Gasteiger partial charge in [0, 0.05) is 17.3 Å². The van der Waals surface area contributed by atoms with Crippen molar-refractivity contribution in [3.63, 3.8) is 0 Å². The molecular weight excluding hydrogens is 378 g/mol. The number of carbonyl (C=O) groups is 2. The molecule has 0 aliphatic rings. The Bertz CT molecular complexity index is 1110. The van der Waals surface area contributed by atoms with E-state index in [9.17, 15) is 18.0 Å². The van der Waals surface area contributed by atoms with Crippen LogP contribution in [-0.4, -0.2) is 20.1 Å². The van der Waals surface area contributed by atoms with Gasteiger partial charge in [-0.25, -0.2) is 13.6 Å². The lowest BCUT2D eigenvalue weighted by atomic mass is 10.1. The lowest BCUT2D eigenvalue weighted by Gasteiger charge is -2.06. The summed E-state index contributed by atoms with van der Waals surface area (Å²) in [7, 11) is -3.79. The number of ketones is 1. The van der Waals surface area contributed by atoms with Gasteiger partial charge in [0.25, 0.3) is 5.91 Å². The van der Waals surface area contributed by atoms with E-state index in [1.54, 1.807) is 53.4 Å². The smallest absolute Gasteiger partial charge is 0.261 e. The van der Waals surface area contributed by atoms with E-state index >= 15 is 0 Å². The molecule has 8 heteroatoms. The first-order valence-electron chi connectivity index (χ1n) is 8.34.